The molecule has 0 bridgehead atoms. The van der Waals surface area contributed by atoms with E-state index in [4.69, 9.17) is 4.42 Å². The molecule has 7 nitrogen and oxygen atoms in total. The summed E-state index contributed by atoms with van der Waals surface area (Å²) >= 11 is 0. The van der Waals surface area contributed by atoms with Gasteiger partial charge < -0.3 is 9.73 Å². The fourth-order valence-corrected chi connectivity index (χ4v) is 4.51. The van der Waals surface area contributed by atoms with Crippen LogP contribution in [-0.4, -0.2) is 36.4 Å². The summed E-state index contributed by atoms with van der Waals surface area (Å²) in [4.78, 5) is 23.7. The normalized spacial score (nSPS) is 19.9. The first-order chi connectivity index (χ1) is 10.9. The maximum absolute atomic E-state index is 11.9. The number of nitrogens with one attached hydrogen (secondary N) is 1. The predicted octanol–water partition coefficient (Wildman–Crippen LogP) is 0.678. The molecule has 0 saturated carbocycles. The zero-order chi connectivity index (χ0) is 16.4. The van der Waals surface area contributed by atoms with E-state index in [0.717, 1.165) is 0 Å². The molecule has 3 rings (SSSR count). The Hall–Kier alpha value is -2.09. The lowest BCUT2D eigenvalue weighted by Gasteiger charge is -2.10. The summed E-state index contributed by atoms with van der Waals surface area (Å²) in [5.74, 6) is -0.472. The highest BCUT2D eigenvalue weighted by Gasteiger charge is 2.28. The van der Waals surface area contributed by atoms with Crippen LogP contribution < -0.4 is 11.1 Å². The number of aryl methyl sites for hydroxylation is 1. The van der Waals surface area contributed by atoms with Crippen LogP contribution in [0.15, 0.2) is 33.5 Å². The maximum Gasteiger partial charge on any atom is 0.419 e. The van der Waals surface area contributed by atoms with E-state index in [1.54, 1.807) is 18.2 Å². The van der Waals surface area contributed by atoms with E-state index in [-0.39, 0.29) is 29.9 Å². The van der Waals surface area contributed by atoms with Crippen LogP contribution in [0.2, 0.25) is 0 Å². The number of fused-ring (bicyclic) bond motifs is 1. The van der Waals surface area contributed by atoms with Crippen LogP contribution >= 0.6 is 0 Å². The number of oxazole rings is 1. The van der Waals surface area contributed by atoms with Crippen LogP contribution in [0.4, 0.5) is 0 Å². The fraction of sp³-hybridized carbons (Fsp3) is 0.467. The maximum atomic E-state index is 11.9. The van der Waals surface area contributed by atoms with E-state index < -0.39 is 15.6 Å². The van der Waals surface area contributed by atoms with Gasteiger partial charge in [-0.25, -0.2) is 13.2 Å². The lowest BCUT2D eigenvalue weighted by Crippen LogP contribution is -2.35. The number of hydrogen-bond donors (Lipinski definition) is 1. The molecule has 0 aliphatic carbocycles. The van der Waals surface area contributed by atoms with Crippen LogP contribution in [0.1, 0.15) is 19.3 Å². The van der Waals surface area contributed by atoms with Crippen molar-refractivity contribution >= 4 is 26.8 Å². The van der Waals surface area contributed by atoms with Crippen molar-refractivity contribution in [3.05, 3.63) is 34.8 Å². The molecule has 1 aromatic heterocycles. The number of para-hydroxylation sites is 2. The summed E-state index contributed by atoms with van der Waals surface area (Å²) in [5, 5.41) is 2.74. The summed E-state index contributed by atoms with van der Waals surface area (Å²) < 4.78 is 29.3. The average Bonchev–Trinajstić information content (AvgIpc) is 2.99. The Kier molecular flexibility index (Phi) is 4.25. The topological polar surface area (TPSA) is 98.4 Å². The van der Waals surface area contributed by atoms with E-state index in [1.165, 1.54) is 4.57 Å². The van der Waals surface area contributed by atoms with Crippen molar-refractivity contribution in [2.24, 2.45) is 0 Å². The van der Waals surface area contributed by atoms with Crippen molar-refractivity contribution < 1.29 is 17.6 Å². The largest absolute Gasteiger partial charge is 0.419 e. The van der Waals surface area contributed by atoms with Gasteiger partial charge in [-0.15, -0.1) is 0 Å². The molecule has 1 aliphatic heterocycles. The summed E-state index contributed by atoms with van der Waals surface area (Å²) in [7, 11) is -3.00. The quantitative estimate of drug-likeness (QED) is 0.864. The van der Waals surface area contributed by atoms with Gasteiger partial charge in [-0.2, -0.15) is 0 Å². The van der Waals surface area contributed by atoms with Crippen molar-refractivity contribution in [1.29, 1.82) is 0 Å². The Morgan fingerprint density at radius 1 is 1.35 bits per heavy atom. The van der Waals surface area contributed by atoms with Gasteiger partial charge in [-0.3, -0.25) is 9.36 Å². The van der Waals surface area contributed by atoms with E-state index in [0.29, 0.717) is 30.5 Å². The van der Waals surface area contributed by atoms with Gasteiger partial charge in [0.1, 0.15) is 0 Å². The number of sulfone groups is 1. The van der Waals surface area contributed by atoms with Crippen molar-refractivity contribution in [2.75, 3.05) is 11.5 Å². The summed E-state index contributed by atoms with van der Waals surface area (Å²) in [6, 6.07) is 6.84. The van der Waals surface area contributed by atoms with E-state index in [1.807, 2.05) is 6.07 Å². The molecule has 23 heavy (non-hydrogen) atoms. The van der Waals surface area contributed by atoms with Gasteiger partial charge in [0.25, 0.3) is 0 Å². The first-order valence-electron chi connectivity index (χ1n) is 7.53. The molecule has 1 aliphatic rings. The zero-order valence-electron chi connectivity index (χ0n) is 12.5. The molecule has 1 fully saturated rings. The summed E-state index contributed by atoms with van der Waals surface area (Å²) in [6.07, 6.45) is 1.19. The van der Waals surface area contributed by atoms with Crippen molar-refractivity contribution in [3.63, 3.8) is 0 Å². The predicted molar refractivity (Wildman–Crippen MR) is 84.9 cm³/mol. The van der Waals surface area contributed by atoms with Gasteiger partial charge in [0, 0.05) is 19.0 Å². The van der Waals surface area contributed by atoms with Gasteiger partial charge in [-0.1, -0.05) is 12.1 Å². The van der Waals surface area contributed by atoms with Gasteiger partial charge in [-0.05, 0) is 25.0 Å². The van der Waals surface area contributed by atoms with Crippen LogP contribution in [0.3, 0.4) is 0 Å². The molecule has 8 heteroatoms. The Balaban J connectivity index is 1.54. The highest BCUT2D eigenvalue weighted by atomic mass is 32.2. The lowest BCUT2D eigenvalue weighted by molar-refractivity contribution is -0.121. The molecule has 2 aromatic rings. The standard InChI is InChI=1S/C15H18N2O5S/c18-14(16-11-7-9-23(20,21)10-11)6-3-8-17-12-4-1-2-5-13(12)22-15(17)19/h1-2,4-5,11H,3,6-10H2,(H,16,18). The number of benzene rings is 1. The first kappa shape index (κ1) is 15.8. The van der Waals surface area contributed by atoms with Crippen LogP contribution in [0.5, 0.6) is 0 Å². The number of amides is 1. The second-order valence-corrected chi connectivity index (χ2v) is 7.99. The van der Waals surface area contributed by atoms with Crippen LogP contribution in [0, 0.1) is 0 Å². The molecule has 1 aromatic carbocycles. The SMILES string of the molecule is O=C(CCCn1c(=O)oc2ccccc21)NC1CCS(=O)(=O)C1. The minimum Gasteiger partial charge on any atom is -0.408 e. The van der Waals surface area contributed by atoms with Crippen molar-refractivity contribution in [2.45, 2.75) is 31.8 Å². The Labute approximate surface area is 133 Å². The third kappa shape index (κ3) is 3.64. The minimum atomic E-state index is -3.00. The summed E-state index contributed by atoms with van der Waals surface area (Å²) in [6.45, 7) is 0.381. The van der Waals surface area contributed by atoms with E-state index in [2.05, 4.69) is 5.32 Å². The molecule has 0 spiro atoms. The Morgan fingerprint density at radius 3 is 2.87 bits per heavy atom. The monoisotopic (exact) mass is 338 g/mol. The smallest absolute Gasteiger partial charge is 0.408 e. The second-order valence-electron chi connectivity index (χ2n) is 5.76. The molecule has 1 saturated heterocycles. The van der Waals surface area contributed by atoms with Gasteiger partial charge in [0.15, 0.2) is 15.4 Å². The van der Waals surface area contributed by atoms with Crippen molar-refractivity contribution in [3.8, 4) is 0 Å². The van der Waals surface area contributed by atoms with Crippen molar-refractivity contribution in [1.82, 2.24) is 9.88 Å². The molecule has 1 unspecified atom stereocenters. The Bertz CT molecular complexity index is 881. The Morgan fingerprint density at radius 2 is 2.13 bits per heavy atom. The van der Waals surface area contributed by atoms with Gasteiger partial charge in [0.05, 0.1) is 17.0 Å². The zero-order valence-corrected chi connectivity index (χ0v) is 13.3. The third-order valence-corrected chi connectivity index (χ3v) is 5.72. The molecule has 1 amide bonds. The fourth-order valence-electron chi connectivity index (χ4n) is 2.83. The van der Waals surface area contributed by atoms with Crippen LogP contribution in [-0.2, 0) is 21.2 Å². The second kappa shape index (κ2) is 6.19. The lowest BCUT2D eigenvalue weighted by atomic mass is 10.2. The highest BCUT2D eigenvalue weighted by molar-refractivity contribution is 7.91. The minimum absolute atomic E-state index is 0.0184. The molecule has 124 valence electrons. The number of aromatic nitrogens is 1. The molecule has 1 atom stereocenters. The number of carbonyl (C=O) groups is 1. The number of hydrogen-bond acceptors (Lipinski definition) is 5. The summed E-state index contributed by atoms with van der Waals surface area (Å²) in [5.41, 5.74) is 1.23. The molecule has 0 radical (unpaired) electrons. The van der Waals surface area contributed by atoms with Gasteiger partial charge in [0.2, 0.25) is 5.91 Å². The highest BCUT2D eigenvalue weighted by Crippen LogP contribution is 2.13. The number of nitrogens with zero attached hydrogens (tertiary/aromatic N) is 1. The van der Waals surface area contributed by atoms with E-state index >= 15 is 0 Å². The third-order valence-electron chi connectivity index (χ3n) is 3.96. The first-order valence-corrected chi connectivity index (χ1v) is 9.35. The van der Waals surface area contributed by atoms with Gasteiger partial charge >= 0.3 is 5.76 Å². The molecule has 2 heterocycles. The number of carbonyl (C=O) groups excluding carboxylic acids is 1. The van der Waals surface area contributed by atoms with E-state index in [9.17, 15) is 18.0 Å². The molecular formula is C15H18N2O5S. The molecular weight excluding hydrogens is 320 g/mol. The van der Waals surface area contributed by atoms with Crippen LogP contribution in [0.25, 0.3) is 11.1 Å². The molecule has 1 N–H and O–H groups in total. The average molecular weight is 338 g/mol. The number of rotatable bonds is 5.